The number of aryl methyl sites for hydroxylation is 2. The topological polar surface area (TPSA) is 12.5 Å². The van der Waals surface area contributed by atoms with Crippen molar-refractivity contribution in [3.05, 3.63) is 107 Å². The highest BCUT2D eigenvalue weighted by molar-refractivity contribution is 7.69. The molecule has 42 heavy (non-hydrogen) atoms. The molecule has 0 aliphatic carbocycles. The van der Waals surface area contributed by atoms with Gasteiger partial charge in [0, 0.05) is 16.6 Å². The minimum absolute atomic E-state index is 0.0913. The third-order valence-corrected chi connectivity index (χ3v) is 12.2. The van der Waals surface area contributed by atoms with Gasteiger partial charge in [-0.15, -0.1) is 0 Å². The summed E-state index contributed by atoms with van der Waals surface area (Å²) in [6.07, 6.45) is 1.02. The van der Waals surface area contributed by atoms with E-state index in [1.807, 2.05) is 0 Å². The van der Waals surface area contributed by atoms with E-state index in [9.17, 15) is 0 Å². The second kappa shape index (κ2) is 11.9. The fourth-order valence-corrected chi connectivity index (χ4v) is 10.4. The molecule has 1 heterocycles. The smallest absolute Gasteiger partial charge is 0.126 e. The number of fused-ring (bicyclic) bond motifs is 1. The van der Waals surface area contributed by atoms with E-state index in [2.05, 4.69) is 146 Å². The Hall–Kier alpha value is -3.09. The minimum atomic E-state index is -0.620. The molecule has 4 aromatic carbocycles. The van der Waals surface area contributed by atoms with E-state index in [4.69, 9.17) is 4.74 Å². The first-order chi connectivity index (χ1) is 19.9. The molecule has 220 valence electrons. The van der Waals surface area contributed by atoms with Crippen LogP contribution in [0.5, 0.6) is 5.75 Å². The summed E-state index contributed by atoms with van der Waals surface area (Å²) >= 11 is 0. The van der Waals surface area contributed by atoms with Crippen molar-refractivity contribution >= 4 is 24.6 Å². The SMILES string of the molecule is COc1cccc(C)c1-c1cccc2c1P(C(C)(C)C)C(Cc1c(C)cc(C(C)C)cc1C(C)C)N2c1ccccc1. The molecule has 0 N–H and O–H groups in total. The first kappa shape index (κ1) is 30.4. The van der Waals surface area contributed by atoms with Crippen molar-refractivity contribution in [1.82, 2.24) is 0 Å². The molecule has 4 aromatic rings. The van der Waals surface area contributed by atoms with Crippen LogP contribution in [0, 0.1) is 13.8 Å². The van der Waals surface area contributed by atoms with Crippen LogP contribution in [0.3, 0.4) is 0 Å². The standard InChI is InChI=1S/C39H48NOP/c1-25(2)29-22-28(6)33(32(23-29)26(3)4)24-36-40(30-17-12-11-13-18-30)34-20-15-19-31(38(34)42(36)39(7,8)9)37-27(5)16-14-21-35(37)41-10/h11-23,25-26,36H,24H2,1-10H3. The van der Waals surface area contributed by atoms with E-state index in [1.165, 1.54) is 55.6 Å². The van der Waals surface area contributed by atoms with Gasteiger partial charge in [-0.05, 0) is 103 Å². The van der Waals surface area contributed by atoms with Gasteiger partial charge in [-0.25, -0.2) is 0 Å². The molecule has 0 amide bonds. The van der Waals surface area contributed by atoms with Crippen LogP contribution in [0.4, 0.5) is 11.4 Å². The molecule has 2 unspecified atom stereocenters. The van der Waals surface area contributed by atoms with Crippen molar-refractivity contribution in [2.24, 2.45) is 0 Å². The van der Waals surface area contributed by atoms with Gasteiger partial charge in [0.15, 0.2) is 0 Å². The van der Waals surface area contributed by atoms with Crippen molar-refractivity contribution < 1.29 is 4.74 Å². The van der Waals surface area contributed by atoms with Crippen LogP contribution < -0.4 is 14.9 Å². The summed E-state index contributed by atoms with van der Waals surface area (Å²) in [5.74, 6) is 2.27. The van der Waals surface area contributed by atoms with Crippen LogP contribution in [0.15, 0.2) is 78.9 Å². The van der Waals surface area contributed by atoms with Crippen LogP contribution in [0.1, 0.15) is 88.1 Å². The van der Waals surface area contributed by atoms with Gasteiger partial charge in [0.1, 0.15) is 5.75 Å². The third kappa shape index (κ3) is 5.51. The molecule has 2 nitrogen and oxygen atoms in total. The fraction of sp³-hybridized carbons (Fsp3) is 0.385. The Morgan fingerprint density at radius 2 is 1.50 bits per heavy atom. The van der Waals surface area contributed by atoms with Crippen molar-refractivity contribution in [1.29, 1.82) is 0 Å². The molecule has 0 saturated carbocycles. The van der Waals surface area contributed by atoms with Crippen LogP contribution >= 0.6 is 7.92 Å². The molecule has 1 aliphatic rings. The number of rotatable bonds is 7. The first-order valence-electron chi connectivity index (χ1n) is 15.5. The largest absolute Gasteiger partial charge is 0.496 e. The number of nitrogens with zero attached hydrogens (tertiary/aromatic N) is 1. The molecule has 3 heteroatoms. The summed E-state index contributed by atoms with van der Waals surface area (Å²) in [6.45, 7) is 21.2. The summed E-state index contributed by atoms with van der Waals surface area (Å²) < 4.78 is 5.98. The maximum absolute atomic E-state index is 5.98. The highest BCUT2D eigenvalue weighted by atomic mass is 31.1. The summed E-state index contributed by atoms with van der Waals surface area (Å²) in [5, 5.41) is 1.60. The highest BCUT2D eigenvalue weighted by Crippen LogP contribution is 2.64. The Balaban J connectivity index is 1.79. The maximum Gasteiger partial charge on any atom is 0.126 e. The van der Waals surface area contributed by atoms with Gasteiger partial charge in [-0.2, -0.15) is 0 Å². The molecule has 1 aliphatic heterocycles. The molecule has 0 spiro atoms. The predicted octanol–water partition coefficient (Wildman–Crippen LogP) is 10.9. The Morgan fingerprint density at radius 3 is 2.12 bits per heavy atom. The average molecular weight is 578 g/mol. The van der Waals surface area contributed by atoms with Crippen LogP contribution in [0.25, 0.3) is 11.1 Å². The normalized spacial score (nSPS) is 16.8. The molecule has 0 aromatic heterocycles. The summed E-state index contributed by atoms with van der Waals surface area (Å²) in [4.78, 5) is 2.68. The number of para-hydroxylation sites is 1. The Bertz CT molecular complexity index is 1560. The highest BCUT2D eigenvalue weighted by Gasteiger charge is 2.46. The van der Waals surface area contributed by atoms with E-state index in [0.29, 0.717) is 17.6 Å². The lowest BCUT2D eigenvalue weighted by molar-refractivity contribution is 0.416. The van der Waals surface area contributed by atoms with Gasteiger partial charge >= 0.3 is 0 Å². The van der Waals surface area contributed by atoms with Gasteiger partial charge in [0.25, 0.3) is 0 Å². The molecular weight excluding hydrogens is 529 g/mol. The summed E-state index contributed by atoms with van der Waals surface area (Å²) in [7, 11) is 1.18. The molecular formula is C39H48NOP. The number of anilines is 2. The van der Waals surface area contributed by atoms with Crippen molar-refractivity contribution in [2.45, 2.75) is 91.5 Å². The quantitative estimate of drug-likeness (QED) is 0.203. The summed E-state index contributed by atoms with van der Waals surface area (Å²) in [6, 6.07) is 29.4. The van der Waals surface area contributed by atoms with Gasteiger partial charge in [0.2, 0.25) is 0 Å². The third-order valence-electron chi connectivity index (χ3n) is 8.80. The molecule has 0 fully saturated rings. The predicted molar refractivity (Wildman–Crippen MR) is 185 cm³/mol. The van der Waals surface area contributed by atoms with Crippen LogP contribution in [-0.4, -0.2) is 18.0 Å². The lowest BCUT2D eigenvalue weighted by Gasteiger charge is -2.38. The number of methoxy groups -OCH3 is 1. The van der Waals surface area contributed by atoms with Gasteiger partial charge < -0.3 is 9.64 Å². The zero-order valence-corrected chi connectivity index (χ0v) is 28.1. The van der Waals surface area contributed by atoms with E-state index in [1.54, 1.807) is 7.11 Å². The fourth-order valence-electron chi connectivity index (χ4n) is 6.81. The summed E-state index contributed by atoms with van der Waals surface area (Å²) in [5.41, 5.74) is 12.3. The van der Waals surface area contributed by atoms with Crippen LogP contribution in [-0.2, 0) is 6.42 Å². The van der Waals surface area contributed by atoms with Crippen LogP contribution in [0.2, 0.25) is 0 Å². The minimum Gasteiger partial charge on any atom is -0.496 e. The number of ether oxygens (including phenoxy) is 1. The number of hydrogen-bond acceptors (Lipinski definition) is 2. The lowest BCUT2D eigenvalue weighted by atomic mass is 9.87. The van der Waals surface area contributed by atoms with E-state index >= 15 is 0 Å². The average Bonchev–Trinajstić information content (AvgIpc) is 3.28. The molecule has 5 rings (SSSR count). The van der Waals surface area contributed by atoms with Gasteiger partial charge in [-0.3, -0.25) is 0 Å². The molecule has 0 saturated heterocycles. The van der Waals surface area contributed by atoms with Gasteiger partial charge in [-0.1, -0.05) is 103 Å². The number of hydrogen-bond donors (Lipinski definition) is 0. The van der Waals surface area contributed by atoms with Crippen molar-refractivity contribution in [3.63, 3.8) is 0 Å². The van der Waals surface area contributed by atoms with Crippen molar-refractivity contribution in [3.8, 4) is 16.9 Å². The monoisotopic (exact) mass is 577 g/mol. The molecule has 0 bridgehead atoms. The maximum atomic E-state index is 5.98. The van der Waals surface area contributed by atoms with E-state index in [-0.39, 0.29) is 5.16 Å². The zero-order chi connectivity index (χ0) is 30.3. The lowest BCUT2D eigenvalue weighted by Crippen LogP contribution is -2.32. The molecule has 2 atom stereocenters. The number of benzene rings is 4. The zero-order valence-electron chi connectivity index (χ0n) is 27.2. The Kier molecular flexibility index (Phi) is 8.60. The van der Waals surface area contributed by atoms with Crippen molar-refractivity contribution in [2.75, 3.05) is 12.0 Å². The first-order valence-corrected chi connectivity index (χ1v) is 16.9. The van der Waals surface area contributed by atoms with E-state index < -0.39 is 7.92 Å². The van der Waals surface area contributed by atoms with E-state index in [0.717, 1.165) is 12.2 Å². The Labute approximate surface area is 255 Å². The second-order valence-corrected chi connectivity index (χ2v) is 16.6. The molecule has 0 radical (unpaired) electrons. The Morgan fingerprint density at radius 1 is 0.810 bits per heavy atom. The van der Waals surface area contributed by atoms with Gasteiger partial charge in [0.05, 0.1) is 18.6 Å². The second-order valence-electron chi connectivity index (χ2n) is 13.5.